The summed E-state index contributed by atoms with van der Waals surface area (Å²) in [5.74, 6) is 1.29. The van der Waals surface area contributed by atoms with Crippen LogP contribution in [-0.2, 0) is 16.6 Å². The van der Waals surface area contributed by atoms with Gasteiger partial charge in [0.25, 0.3) is 10.0 Å². The number of rotatable bonds is 7. The first-order chi connectivity index (χ1) is 18.9. The molecule has 4 aromatic carbocycles. The molecule has 0 saturated carbocycles. The lowest BCUT2D eigenvalue weighted by Gasteiger charge is -2.37. The van der Waals surface area contributed by atoms with Crippen molar-refractivity contribution >= 4 is 21.4 Å². The molecule has 0 spiro atoms. The molecule has 6 heteroatoms. The second-order valence-electron chi connectivity index (χ2n) is 10.5. The molecule has 0 aromatic heterocycles. The number of aryl methyl sites for hydroxylation is 2. The van der Waals surface area contributed by atoms with Gasteiger partial charge in [0.05, 0.1) is 10.9 Å². The van der Waals surface area contributed by atoms with E-state index < -0.39 is 10.0 Å². The Morgan fingerprint density at radius 1 is 0.897 bits per heavy atom. The number of sulfonamides is 1. The van der Waals surface area contributed by atoms with E-state index in [1.807, 2.05) is 68.4 Å². The molecule has 4 aromatic rings. The molecule has 2 aliphatic rings. The maximum absolute atomic E-state index is 13.3. The molecular formula is C33H32N2O3S. The van der Waals surface area contributed by atoms with Gasteiger partial charge < -0.3 is 10.1 Å². The summed E-state index contributed by atoms with van der Waals surface area (Å²) in [4.78, 5) is 0.277. The van der Waals surface area contributed by atoms with Crippen LogP contribution >= 0.6 is 0 Å². The SMILES string of the molecule is Cc1ccc(NS(=O)(=O)c2ccc3c(c2)C2C=CCC2C(c2ccc(OCc4ccccc4)cc2)N3)cc1C. The van der Waals surface area contributed by atoms with Gasteiger partial charge in [-0.25, -0.2) is 8.42 Å². The number of fused-ring (bicyclic) bond motifs is 3. The quantitative estimate of drug-likeness (QED) is 0.240. The van der Waals surface area contributed by atoms with E-state index in [9.17, 15) is 8.42 Å². The summed E-state index contributed by atoms with van der Waals surface area (Å²) in [5.41, 5.74) is 7.07. The van der Waals surface area contributed by atoms with Crippen molar-refractivity contribution in [2.45, 2.75) is 43.7 Å². The number of hydrogen-bond donors (Lipinski definition) is 2. The molecule has 1 heterocycles. The van der Waals surface area contributed by atoms with Crippen molar-refractivity contribution < 1.29 is 13.2 Å². The Hall–Kier alpha value is -4.03. The Morgan fingerprint density at radius 2 is 1.69 bits per heavy atom. The highest BCUT2D eigenvalue weighted by atomic mass is 32.2. The monoisotopic (exact) mass is 536 g/mol. The zero-order valence-electron chi connectivity index (χ0n) is 22.1. The largest absolute Gasteiger partial charge is 0.489 e. The van der Waals surface area contributed by atoms with Crippen molar-refractivity contribution in [2.75, 3.05) is 10.0 Å². The van der Waals surface area contributed by atoms with Crippen molar-refractivity contribution in [3.05, 3.63) is 131 Å². The molecule has 0 amide bonds. The summed E-state index contributed by atoms with van der Waals surface area (Å²) in [7, 11) is -3.72. The highest BCUT2D eigenvalue weighted by Crippen LogP contribution is 2.50. The topological polar surface area (TPSA) is 67.4 Å². The fraction of sp³-hybridized carbons (Fsp3) is 0.212. The first-order valence-corrected chi connectivity index (χ1v) is 14.8. The molecule has 5 nitrogen and oxygen atoms in total. The lowest BCUT2D eigenvalue weighted by Crippen LogP contribution is -2.29. The molecule has 0 radical (unpaired) electrons. The van der Waals surface area contributed by atoms with E-state index in [-0.39, 0.29) is 16.9 Å². The Balaban J connectivity index is 1.22. The van der Waals surface area contributed by atoms with Gasteiger partial charge in [-0.05, 0) is 96.5 Å². The molecule has 6 rings (SSSR count). The third kappa shape index (κ3) is 5.17. The van der Waals surface area contributed by atoms with Crippen LogP contribution in [0.5, 0.6) is 5.75 Å². The highest BCUT2D eigenvalue weighted by Gasteiger charge is 2.38. The van der Waals surface area contributed by atoms with Crippen LogP contribution in [0.25, 0.3) is 0 Å². The van der Waals surface area contributed by atoms with Crippen molar-refractivity contribution in [1.29, 1.82) is 0 Å². The predicted octanol–water partition coefficient (Wildman–Crippen LogP) is 7.51. The number of nitrogens with one attached hydrogen (secondary N) is 2. The molecule has 0 saturated heterocycles. The minimum atomic E-state index is -3.72. The van der Waals surface area contributed by atoms with Crippen LogP contribution in [0.2, 0.25) is 0 Å². The van der Waals surface area contributed by atoms with Crippen molar-refractivity contribution in [2.24, 2.45) is 5.92 Å². The Bertz CT molecular complexity index is 1630. The second kappa shape index (κ2) is 10.3. The fourth-order valence-electron chi connectivity index (χ4n) is 5.60. The number of anilines is 2. The molecular weight excluding hydrogens is 504 g/mol. The van der Waals surface area contributed by atoms with E-state index >= 15 is 0 Å². The Labute approximate surface area is 230 Å². The van der Waals surface area contributed by atoms with Gasteiger partial charge in [0.15, 0.2) is 0 Å². The Kier molecular flexibility index (Phi) is 6.65. The van der Waals surface area contributed by atoms with Crippen molar-refractivity contribution in [3.63, 3.8) is 0 Å². The molecule has 39 heavy (non-hydrogen) atoms. The Morgan fingerprint density at radius 3 is 2.46 bits per heavy atom. The van der Waals surface area contributed by atoms with Crippen LogP contribution in [0.4, 0.5) is 11.4 Å². The molecule has 0 bridgehead atoms. The minimum Gasteiger partial charge on any atom is -0.489 e. The number of allylic oxidation sites excluding steroid dienone is 2. The standard InChI is InChI=1S/C33H32N2O3S/c1-22-11-14-26(19-23(22)2)35-39(36,37)28-17-18-32-31(20-28)29-9-6-10-30(29)33(34-32)25-12-15-27(16-13-25)38-21-24-7-4-3-5-8-24/h3-9,11-20,29-30,33-35H,10,21H2,1-2H3. The molecule has 0 fully saturated rings. The average Bonchev–Trinajstić information content (AvgIpc) is 3.44. The van der Waals surface area contributed by atoms with Gasteiger partial charge in [-0.15, -0.1) is 0 Å². The lowest BCUT2D eigenvalue weighted by atomic mass is 9.77. The van der Waals surface area contributed by atoms with Gasteiger partial charge in [0.1, 0.15) is 12.4 Å². The minimum absolute atomic E-state index is 0.122. The third-order valence-corrected chi connectivity index (χ3v) is 9.27. The molecule has 3 unspecified atom stereocenters. The van der Waals surface area contributed by atoms with E-state index in [0.717, 1.165) is 40.1 Å². The normalized spacial score (nSPS) is 19.6. The van der Waals surface area contributed by atoms with Crippen LogP contribution in [-0.4, -0.2) is 8.42 Å². The molecule has 1 aliphatic carbocycles. The van der Waals surface area contributed by atoms with Crippen LogP contribution in [0.15, 0.2) is 108 Å². The number of hydrogen-bond acceptors (Lipinski definition) is 4. The second-order valence-corrected chi connectivity index (χ2v) is 12.2. The maximum Gasteiger partial charge on any atom is 0.261 e. The summed E-state index contributed by atoms with van der Waals surface area (Å²) in [5, 5.41) is 3.71. The van der Waals surface area contributed by atoms with Crippen LogP contribution in [0.3, 0.4) is 0 Å². The summed E-state index contributed by atoms with van der Waals surface area (Å²) in [6.07, 6.45) is 5.37. The third-order valence-electron chi connectivity index (χ3n) is 7.89. The van der Waals surface area contributed by atoms with Crippen molar-refractivity contribution in [1.82, 2.24) is 0 Å². The molecule has 2 N–H and O–H groups in total. The van der Waals surface area contributed by atoms with Gasteiger partial charge in [-0.1, -0.05) is 60.7 Å². The fourth-order valence-corrected chi connectivity index (χ4v) is 6.69. The van der Waals surface area contributed by atoms with Gasteiger partial charge >= 0.3 is 0 Å². The lowest BCUT2D eigenvalue weighted by molar-refractivity contribution is 0.306. The van der Waals surface area contributed by atoms with Crippen LogP contribution in [0, 0.1) is 19.8 Å². The molecule has 198 valence electrons. The average molecular weight is 537 g/mol. The van der Waals surface area contributed by atoms with Gasteiger partial charge in [0.2, 0.25) is 0 Å². The van der Waals surface area contributed by atoms with E-state index in [2.05, 4.69) is 46.5 Å². The molecule has 1 aliphatic heterocycles. The number of benzene rings is 4. The van der Waals surface area contributed by atoms with Gasteiger partial charge in [-0.3, -0.25) is 4.72 Å². The highest BCUT2D eigenvalue weighted by molar-refractivity contribution is 7.92. The zero-order valence-corrected chi connectivity index (χ0v) is 22.9. The smallest absolute Gasteiger partial charge is 0.261 e. The van der Waals surface area contributed by atoms with E-state index in [1.165, 1.54) is 5.56 Å². The summed E-state index contributed by atoms with van der Waals surface area (Å²) >= 11 is 0. The maximum atomic E-state index is 13.3. The van der Waals surface area contributed by atoms with E-state index in [4.69, 9.17) is 4.74 Å². The van der Waals surface area contributed by atoms with E-state index in [1.54, 1.807) is 12.1 Å². The first-order valence-electron chi connectivity index (χ1n) is 13.3. The number of ether oxygens (including phenoxy) is 1. The van der Waals surface area contributed by atoms with Crippen LogP contribution < -0.4 is 14.8 Å². The molecule has 3 atom stereocenters. The van der Waals surface area contributed by atoms with Crippen LogP contribution in [0.1, 0.15) is 46.2 Å². The van der Waals surface area contributed by atoms with Gasteiger partial charge in [-0.2, -0.15) is 0 Å². The van der Waals surface area contributed by atoms with Crippen molar-refractivity contribution in [3.8, 4) is 5.75 Å². The first kappa shape index (κ1) is 25.3. The zero-order chi connectivity index (χ0) is 27.0. The van der Waals surface area contributed by atoms with E-state index in [0.29, 0.717) is 18.2 Å². The van der Waals surface area contributed by atoms with Gasteiger partial charge in [0, 0.05) is 17.3 Å². The summed E-state index contributed by atoms with van der Waals surface area (Å²) in [6.45, 7) is 4.52. The summed E-state index contributed by atoms with van der Waals surface area (Å²) < 4.78 is 35.3. The summed E-state index contributed by atoms with van der Waals surface area (Å²) in [6, 6.07) is 29.6. The predicted molar refractivity (Wildman–Crippen MR) is 157 cm³/mol.